The molecule has 0 atom stereocenters. The minimum absolute atomic E-state index is 0.00810. The van der Waals surface area contributed by atoms with Gasteiger partial charge in [-0.15, -0.1) is 0 Å². The number of carbonyl (C=O) groups is 2. The maximum absolute atomic E-state index is 12.9. The van der Waals surface area contributed by atoms with Gasteiger partial charge < -0.3 is 10.2 Å². The average Bonchev–Trinajstić information content (AvgIpc) is 2.72. The summed E-state index contributed by atoms with van der Waals surface area (Å²) in [5.41, 5.74) is 1.85. The molecule has 0 spiro atoms. The number of carbonyl (C=O) groups excluding carboxylic acids is 2. The number of likely N-dealkylation sites (tertiary alicyclic amines) is 1. The smallest absolute Gasteiger partial charge is 0.246 e. The van der Waals surface area contributed by atoms with Gasteiger partial charge in [-0.05, 0) is 42.2 Å². The largest absolute Gasteiger partial charge is 0.352 e. The summed E-state index contributed by atoms with van der Waals surface area (Å²) in [4.78, 5) is 26.4. The second-order valence-electron chi connectivity index (χ2n) is 6.69. The zero-order chi connectivity index (χ0) is 19.1. The second kappa shape index (κ2) is 9.12. The fourth-order valence-corrected chi connectivity index (χ4v) is 3.13. The monoisotopic (exact) mass is 366 g/mol. The Morgan fingerprint density at radius 3 is 2.37 bits per heavy atom. The molecule has 0 saturated carbocycles. The van der Waals surface area contributed by atoms with Crippen LogP contribution in [0.25, 0.3) is 6.08 Å². The van der Waals surface area contributed by atoms with Crippen molar-refractivity contribution in [1.29, 1.82) is 0 Å². The van der Waals surface area contributed by atoms with E-state index in [0.717, 1.165) is 11.1 Å². The molecule has 1 aliphatic heterocycles. The van der Waals surface area contributed by atoms with Crippen LogP contribution >= 0.6 is 0 Å². The number of nitrogens with one attached hydrogen (secondary N) is 1. The quantitative estimate of drug-likeness (QED) is 0.825. The Morgan fingerprint density at radius 1 is 1.04 bits per heavy atom. The minimum atomic E-state index is -0.288. The molecule has 0 radical (unpaired) electrons. The van der Waals surface area contributed by atoms with E-state index in [2.05, 4.69) is 5.32 Å². The number of rotatable bonds is 5. The van der Waals surface area contributed by atoms with Crippen LogP contribution in [0.2, 0.25) is 0 Å². The summed E-state index contributed by atoms with van der Waals surface area (Å²) in [6, 6.07) is 15.8. The first kappa shape index (κ1) is 18.8. The van der Waals surface area contributed by atoms with Gasteiger partial charge in [-0.25, -0.2) is 4.39 Å². The van der Waals surface area contributed by atoms with Gasteiger partial charge in [0, 0.05) is 31.6 Å². The number of nitrogens with zero attached hydrogens (tertiary/aromatic N) is 1. The lowest BCUT2D eigenvalue weighted by Crippen LogP contribution is -2.42. The molecule has 4 nitrogen and oxygen atoms in total. The lowest BCUT2D eigenvalue weighted by atomic mass is 9.95. The molecule has 1 heterocycles. The molecule has 0 aromatic heterocycles. The molecule has 1 saturated heterocycles. The number of piperidine rings is 1. The fourth-order valence-electron chi connectivity index (χ4n) is 3.13. The van der Waals surface area contributed by atoms with Gasteiger partial charge >= 0.3 is 0 Å². The SMILES string of the molecule is O=C(NCc1ccc(F)cc1)C1CCN(C(=O)/C=C/c2ccccc2)CC1. The third-order valence-electron chi connectivity index (χ3n) is 4.78. The standard InChI is InChI=1S/C22H23FN2O2/c23-20-9-6-18(7-10-20)16-24-22(27)19-12-14-25(15-13-19)21(26)11-8-17-4-2-1-3-5-17/h1-11,19H,12-16H2,(H,24,27)/b11-8+. The van der Waals surface area contributed by atoms with E-state index in [4.69, 9.17) is 0 Å². The highest BCUT2D eigenvalue weighted by Crippen LogP contribution is 2.18. The molecule has 1 fully saturated rings. The summed E-state index contributed by atoms with van der Waals surface area (Å²) in [7, 11) is 0. The Labute approximate surface area is 158 Å². The van der Waals surface area contributed by atoms with Crippen LogP contribution in [0, 0.1) is 11.7 Å². The van der Waals surface area contributed by atoms with E-state index in [1.54, 1.807) is 23.1 Å². The molecule has 2 aromatic carbocycles. The van der Waals surface area contributed by atoms with Crippen LogP contribution in [0.15, 0.2) is 60.7 Å². The van der Waals surface area contributed by atoms with Crippen LogP contribution in [0.4, 0.5) is 4.39 Å². The van der Waals surface area contributed by atoms with Gasteiger partial charge in [0.15, 0.2) is 0 Å². The van der Waals surface area contributed by atoms with Gasteiger partial charge in [0.05, 0.1) is 0 Å². The maximum Gasteiger partial charge on any atom is 0.246 e. The highest BCUT2D eigenvalue weighted by Gasteiger charge is 2.26. The molecule has 5 heteroatoms. The summed E-state index contributed by atoms with van der Waals surface area (Å²) in [6.07, 6.45) is 4.70. The molecule has 1 N–H and O–H groups in total. The molecule has 0 bridgehead atoms. The zero-order valence-electron chi connectivity index (χ0n) is 15.1. The Morgan fingerprint density at radius 2 is 1.70 bits per heavy atom. The summed E-state index contributed by atoms with van der Waals surface area (Å²) in [5, 5.41) is 2.90. The van der Waals surface area contributed by atoms with Gasteiger partial charge in [0.1, 0.15) is 5.82 Å². The van der Waals surface area contributed by atoms with Crippen molar-refractivity contribution in [3.05, 3.63) is 77.6 Å². The van der Waals surface area contributed by atoms with Crippen molar-refractivity contribution < 1.29 is 14.0 Å². The van der Waals surface area contributed by atoms with Crippen molar-refractivity contribution in [2.75, 3.05) is 13.1 Å². The van der Waals surface area contributed by atoms with Crippen LogP contribution in [0.1, 0.15) is 24.0 Å². The van der Waals surface area contributed by atoms with E-state index in [0.29, 0.717) is 32.5 Å². The van der Waals surface area contributed by atoms with Crippen molar-refractivity contribution in [2.24, 2.45) is 5.92 Å². The third-order valence-corrected chi connectivity index (χ3v) is 4.78. The first-order valence-electron chi connectivity index (χ1n) is 9.16. The predicted octanol–water partition coefficient (Wildman–Crippen LogP) is 3.39. The van der Waals surface area contributed by atoms with Crippen molar-refractivity contribution in [3.63, 3.8) is 0 Å². The predicted molar refractivity (Wildman–Crippen MR) is 103 cm³/mol. The van der Waals surface area contributed by atoms with Crippen molar-refractivity contribution in [3.8, 4) is 0 Å². The highest BCUT2D eigenvalue weighted by molar-refractivity contribution is 5.92. The summed E-state index contributed by atoms with van der Waals surface area (Å²) in [6.45, 7) is 1.54. The molecule has 140 valence electrons. The first-order chi connectivity index (χ1) is 13.1. The third kappa shape index (κ3) is 5.51. The van der Waals surface area contributed by atoms with E-state index in [9.17, 15) is 14.0 Å². The first-order valence-corrected chi connectivity index (χ1v) is 9.16. The van der Waals surface area contributed by atoms with Crippen LogP contribution in [0.3, 0.4) is 0 Å². The molecule has 1 aliphatic rings. The number of benzene rings is 2. The van der Waals surface area contributed by atoms with Gasteiger partial charge in [0.25, 0.3) is 0 Å². The second-order valence-corrected chi connectivity index (χ2v) is 6.69. The Bertz CT molecular complexity index is 795. The van der Waals surface area contributed by atoms with Crippen LogP contribution in [-0.4, -0.2) is 29.8 Å². The lowest BCUT2D eigenvalue weighted by molar-refractivity contribution is -0.132. The summed E-state index contributed by atoms with van der Waals surface area (Å²) >= 11 is 0. The van der Waals surface area contributed by atoms with Crippen molar-refractivity contribution >= 4 is 17.9 Å². The molecule has 0 unspecified atom stereocenters. The lowest BCUT2D eigenvalue weighted by Gasteiger charge is -2.30. The zero-order valence-corrected chi connectivity index (χ0v) is 15.1. The number of hydrogen-bond donors (Lipinski definition) is 1. The maximum atomic E-state index is 12.9. The molecule has 0 aliphatic carbocycles. The van der Waals surface area contributed by atoms with Gasteiger partial charge in [-0.1, -0.05) is 42.5 Å². The Hall–Kier alpha value is -2.95. The van der Waals surface area contributed by atoms with E-state index >= 15 is 0 Å². The van der Waals surface area contributed by atoms with Gasteiger partial charge in [-0.3, -0.25) is 9.59 Å². The molecule has 2 aromatic rings. The van der Waals surface area contributed by atoms with E-state index in [-0.39, 0.29) is 23.5 Å². The van der Waals surface area contributed by atoms with Crippen LogP contribution in [0.5, 0.6) is 0 Å². The molecular weight excluding hydrogens is 343 g/mol. The number of hydrogen-bond acceptors (Lipinski definition) is 2. The number of amides is 2. The molecule has 27 heavy (non-hydrogen) atoms. The van der Waals surface area contributed by atoms with Gasteiger partial charge in [0.2, 0.25) is 11.8 Å². The topological polar surface area (TPSA) is 49.4 Å². The van der Waals surface area contributed by atoms with Crippen LogP contribution in [-0.2, 0) is 16.1 Å². The minimum Gasteiger partial charge on any atom is -0.352 e. The molecular formula is C22H23FN2O2. The summed E-state index contributed by atoms with van der Waals surface area (Å²) in [5.74, 6) is -0.411. The average molecular weight is 366 g/mol. The van der Waals surface area contributed by atoms with E-state index in [1.165, 1.54) is 12.1 Å². The Kier molecular flexibility index (Phi) is 6.36. The summed E-state index contributed by atoms with van der Waals surface area (Å²) < 4.78 is 12.9. The Balaban J connectivity index is 1.43. The molecule has 3 rings (SSSR count). The highest BCUT2D eigenvalue weighted by atomic mass is 19.1. The van der Waals surface area contributed by atoms with Crippen molar-refractivity contribution in [1.82, 2.24) is 10.2 Å². The normalized spacial score (nSPS) is 15.1. The van der Waals surface area contributed by atoms with E-state index in [1.807, 2.05) is 36.4 Å². The molecule has 2 amide bonds. The van der Waals surface area contributed by atoms with Crippen LogP contribution < -0.4 is 5.32 Å². The van der Waals surface area contributed by atoms with E-state index < -0.39 is 0 Å². The van der Waals surface area contributed by atoms with Crippen molar-refractivity contribution in [2.45, 2.75) is 19.4 Å². The fraction of sp³-hybridized carbons (Fsp3) is 0.273. The van der Waals surface area contributed by atoms with Gasteiger partial charge in [-0.2, -0.15) is 0 Å². The number of halogens is 1.